The lowest BCUT2D eigenvalue weighted by atomic mass is 10.1. The van der Waals surface area contributed by atoms with Gasteiger partial charge in [0.05, 0.1) is 5.69 Å². The summed E-state index contributed by atoms with van der Waals surface area (Å²) in [6.07, 6.45) is 1.77. The van der Waals surface area contributed by atoms with Crippen molar-refractivity contribution in [3.63, 3.8) is 0 Å². The monoisotopic (exact) mass is 406 g/mol. The maximum atomic E-state index is 13.0. The molecule has 0 saturated carbocycles. The van der Waals surface area contributed by atoms with Crippen molar-refractivity contribution in [1.82, 2.24) is 4.98 Å². The average Bonchev–Trinajstić information content (AvgIpc) is 2.73. The van der Waals surface area contributed by atoms with Crippen molar-refractivity contribution in [2.75, 3.05) is 28.2 Å². The van der Waals surface area contributed by atoms with Gasteiger partial charge in [-0.05, 0) is 49.2 Å². The van der Waals surface area contributed by atoms with Crippen LogP contribution in [0.1, 0.15) is 16.7 Å². The number of carbonyl (C=O) groups is 1. The zero-order valence-electron chi connectivity index (χ0n) is 16.5. The first-order valence-corrected chi connectivity index (χ1v) is 10.00. The minimum atomic E-state index is -0.181. The zero-order chi connectivity index (χ0) is 20.4. The van der Waals surface area contributed by atoms with Crippen LogP contribution in [0.5, 0.6) is 0 Å². The van der Waals surface area contributed by atoms with Gasteiger partial charge in [0.1, 0.15) is 0 Å². The molecule has 0 bridgehead atoms. The molecule has 6 heteroatoms. The van der Waals surface area contributed by atoms with Crippen LogP contribution in [0.4, 0.5) is 22.0 Å². The predicted molar refractivity (Wildman–Crippen MR) is 119 cm³/mol. The number of urea groups is 1. The first kappa shape index (κ1) is 19.3. The van der Waals surface area contributed by atoms with Crippen LogP contribution in [-0.2, 0) is 6.54 Å². The molecule has 3 aromatic rings. The maximum Gasteiger partial charge on any atom is 0.326 e. The van der Waals surface area contributed by atoms with E-state index in [1.807, 2.05) is 37.3 Å². The molecule has 0 atom stereocenters. The molecule has 5 nitrogen and oxygen atoms in total. The molecule has 29 heavy (non-hydrogen) atoms. The summed E-state index contributed by atoms with van der Waals surface area (Å²) in [6, 6.07) is 17.6. The lowest BCUT2D eigenvalue weighted by Gasteiger charge is -2.36. The van der Waals surface area contributed by atoms with Crippen LogP contribution >= 0.6 is 11.6 Å². The van der Waals surface area contributed by atoms with E-state index < -0.39 is 0 Å². The number of pyridine rings is 1. The summed E-state index contributed by atoms with van der Waals surface area (Å²) in [5.41, 5.74) is 4.84. The molecule has 148 valence electrons. The third-order valence-corrected chi connectivity index (χ3v) is 5.61. The van der Waals surface area contributed by atoms with Crippen molar-refractivity contribution in [2.45, 2.75) is 20.4 Å². The lowest BCUT2D eigenvalue weighted by molar-refractivity contribution is 0.256. The van der Waals surface area contributed by atoms with Gasteiger partial charge in [-0.1, -0.05) is 47.5 Å². The zero-order valence-corrected chi connectivity index (χ0v) is 17.3. The molecule has 2 amide bonds. The van der Waals surface area contributed by atoms with E-state index in [4.69, 9.17) is 11.6 Å². The van der Waals surface area contributed by atoms with Gasteiger partial charge in [0.2, 0.25) is 0 Å². The fourth-order valence-corrected chi connectivity index (χ4v) is 3.67. The molecule has 1 aliphatic heterocycles. The number of hydrogen-bond acceptors (Lipinski definition) is 3. The van der Waals surface area contributed by atoms with Crippen molar-refractivity contribution in [3.05, 3.63) is 82.5 Å². The molecule has 0 spiro atoms. The number of anilines is 3. The predicted octanol–water partition coefficient (Wildman–Crippen LogP) is 5.41. The Bertz CT molecular complexity index is 1040. The van der Waals surface area contributed by atoms with E-state index in [-0.39, 0.29) is 6.03 Å². The quantitative estimate of drug-likeness (QED) is 0.632. The molecule has 1 aromatic heterocycles. The second-order valence-electron chi connectivity index (χ2n) is 7.25. The van der Waals surface area contributed by atoms with Gasteiger partial charge < -0.3 is 10.2 Å². The number of rotatable bonds is 3. The summed E-state index contributed by atoms with van der Waals surface area (Å²) >= 11 is 6.19. The first-order chi connectivity index (χ1) is 14.0. The highest BCUT2D eigenvalue weighted by Crippen LogP contribution is 2.32. The summed E-state index contributed by atoms with van der Waals surface area (Å²) in [7, 11) is 0. The molecule has 0 saturated heterocycles. The number of aryl methyl sites for hydroxylation is 1. The van der Waals surface area contributed by atoms with Gasteiger partial charge in [0, 0.05) is 36.5 Å². The van der Waals surface area contributed by atoms with Crippen LogP contribution in [0.25, 0.3) is 0 Å². The Kier molecular flexibility index (Phi) is 5.41. The topological polar surface area (TPSA) is 48.5 Å². The van der Waals surface area contributed by atoms with Crippen molar-refractivity contribution < 1.29 is 4.79 Å². The number of nitrogens with zero attached hydrogens (tertiary/aromatic N) is 3. The van der Waals surface area contributed by atoms with Gasteiger partial charge in [-0.2, -0.15) is 0 Å². The Morgan fingerprint density at radius 2 is 1.86 bits per heavy atom. The van der Waals surface area contributed by atoms with Crippen LogP contribution < -0.4 is 15.1 Å². The van der Waals surface area contributed by atoms with E-state index in [0.717, 1.165) is 29.3 Å². The van der Waals surface area contributed by atoms with Gasteiger partial charge in [-0.3, -0.25) is 4.90 Å². The van der Waals surface area contributed by atoms with E-state index in [1.54, 1.807) is 11.1 Å². The van der Waals surface area contributed by atoms with Gasteiger partial charge in [-0.25, -0.2) is 9.78 Å². The SMILES string of the molecule is Cc1ccc(CN2CCN(C(=O)Nc3cccc(Cl)c3C)c3cccnc32)cc1. The summed E-state index contributed by atoms with van der Waals surface area (Å²) < 4.78 is 0. The number of fused-ring (bicyclic) bond motifs is 1. The summed E-state index contributed by atoms with van der Waals surface area (Å²) in [5.74, 6) is 0.817. The smallest absolute Gasteiger partial charge is 0.326 e. The third kappa shape index (κ3) is 4.05. The van der Waals surface area contributed by atoms with Gasteiger partial charge in [-0.15, -0.1) is 0 Å². The second-order valence-corrected chi connectivity index (χ2v) is 7.65. The fourth-order valence-electron chi connectivity index (χ4n) is 3.49. The number of hydrogen-bond donors (Lipinski definition) is 1. The standard InChI is InChI=1S/C23H23ClN4O/c1-16-8-10-18(11-9-16)15-27-13-14-28(21-7-4-12-25-22(21)27)23(29)26-20-6-3-5-19(24)17(20)2/h3-12H,13-15H2,1-2H3,(H,26,29). The van der Waals surface area contributed by atoms with Crippen LogP contribution in [0.3, 0.4) is 0 Å². The third-order valence-electron chi connectivity index (χ3n) is 5.20. The second kappa shape index (κ2) is 8.13. The molecule has 0 fully saturated rings. The van der Waals surface area contributed by atoms with Crippen molar-refractivity contribution in [2.24, 2.45) is 0 Å². The normalized spacial score (nSPS) is 13.2. The summed E-state index contributed by atoms with van der Waals surface area (Å²) in [6.45, 7) is 6.02. The molecular weight excluding hydrogens is 384 g/mol. The highest BCUT2D eigenvalue weighted by atomic mass is 35.5. The molecule has 2 aromatic carbocycles. The number of nitrogens with one attached hydrogen (secondary N) is 1. The van der Waals surface area contributed by atoms with Crippen molar-refractivity contribution >= 4 is 34.8 Å². The van der Waals surface area contributed by atoms with Crippen LogP contribution in [0.2, 0.25) is 5.02 Å². The fraction of sp³-hybridized carbons (Fsp3) is 0.217. The van der Waals surface area contributed by atoms with Crippen molar-refractivity contribution in [1.29, 1.82) is 0 Å². The van der Waals surface area contributed by atoms with Crippen LogP contribution in [0, 0.1) is 13.8 Å². The number of halogens is 1. The van der Waals surface area contributed by atoms with E-state index in [0.29, 0.717) is 18.1 Å². The highest BCUT2D eigenvalue weighted by Gasteiger charge is 2.28. The van der Waals surface area contributed by atoms with Gasteiger partial charge >= 0.3 is 6.03 Å². The Hall–Kier alpha value is -3.05. The van der Waals surface area contributed by atoms with E-state index in [9.17, 15) is 4.79 Å². The molecule has 0 unspecified atom stereocenters. The molecule has 0 radical (unpaired) electrons. The van der Waals surface area contributed by atoms with E-state index in [2.05, 4.69) is 46.4 Å². The Morgan fingerprint density at radius 1 is 1.07 bits per heavy atom. The van der Waals surface area contributed by atoms with Gasteiger partial charge in [0.15, 0.2) is 5.82 Å². The molecule has 1 aliphatic rings. The summed E-state index contributed by atoms with van der Waals surface area (Å²) in [5, 5.41) is 3.62. The number of benzene rings is 2. The van der Waals surface area contributed by atoms with E-state index in [1.165, 1.54) is 11.1 Å². The highest BCUT2D eigenvalue weighted by molar-refractivity contribution is 6.31. The van der Waals surface area contributed by atoms with E-state index >= 15 is 0 Å². The Balaban J connectivity index is 1.57. The number of amides is 2. The average molecular weight is 407 g/mol. The minimum Gasteiger partial charge on any atom is -0.349 e. The molecule has 4 rings (SSSR count). The molecule has 2 heterocycles. The molecule has 0 aliphatic carbocycles. The first-order valence-electron chi connectivity index (χ1n) is 9.62. The molecular formula is C23H23ClN4O. The number of aromatic nitrogens is 1. The van der Waals surface area contributed by atoms with Gasteiger partial charge in [0.25, 0.3) is 0 Å². The largest absolute Gasteiger partial charge is 0.349 e. The van der Waals surface area contributed by atoms with Crippen molar-refractivity contribution in [3.8, 4) is 0 Å². The molecule has 1 N–H and O–H groups in total. The minimum absolute atomic E-state index is 0.181. The van der Waals surface area contributed by atoms with Crippen LogP contribution in [0.15, 0.2) is 60.8 Å². The Morgan fingerprint density at radius 3 is 2.66 bits per heavy atom. The lowest BCUT2D eigenvalue weighted by Crippen LogP contribution is -2.46. The maximum absolute atomic E-state index is 13.0. The Labute approximate surface area is 175 Å². The number of carbonyl (C=O) groups excluding carboxylic acids is 1. The van der Waals surface area contributed by atoms with Crippen LogP contribution in [-0.4, -0.2) is 24.1 Å². The summed E-state index contributed by atoms with van der Waals surface area (Å²) in [4.78, 5) is 21.6.